The van der Waals surface area contributed by atoms with Gasteiger partial charge in [-0.05, 0) is 36.2 Å². The van der Waals surface area contributed by atoms with Crippen LogP contribution in [-0.4, -0.2) is 13.1 Å². The highest BCUT2D eigenvalue weighted by molar-refractivity contribution is 5.89. The van der Waals surface area contributed by atoms with Crippen LogP contribution in [-0.2, 0) is 11.3 Å². The van der Waals surface area contributed by atoms with Crippen molar-refractivity contribution in [3.63, 3.8) is 0 Å². The van der Waals surface area contributed by atoms with Gasteiger partial charge in [0, 0.05) is 0 Å². The summed E-state index contributed by atoms with van der Waals surface area (Å²) in [6.45, 7) is 2.53. The molecule has 0 aliphatic rings. The summed E-state index contributed by atoms with van der Waals surface area (Å²) in [6, 6.07) is 15.0. The molecule has 0 N–H and O–H groups in total. The van der Waals surface area contributed by atoms with Gasteiger partial charge in [0.25, 0.3) is 0 Å². The van der Waals surface area contributed by atoms with E-state index in [1.54, 1.807) is 18.2 Å². The van der Waals surface area contributed by atoms with E-state index in [1.165, 1.54) is 12.7 Å². The zero-order chi connectivity index (χ0) is 13.7. The van der Waals surface area contributed by atoms with E-state index in [-0.39, 0.29) is 5.97 Å². The lowest BCUT2D eigenvalue weighted by Gasteiger charge is -2.09. The van der Waals surface area contributed by atoms with Gasteiger partial charge in [-0.15, -0.1) is 0 Å². The Hall–Kier alpha value is -2.29. The maximum atomic E-state index is 11.4. The van der Waals surface area contributed by atoms with Crippen LogP contribution in [0, 0.1) is 6.92 Å². The molecule has 19 heavy (non-hydrogen) atoms. The number of carbonyl (C=O) groups excluding carboxylic acids is 1. The fourth-order valence-electron chi connectivity index (χ4n) is 1.76. The molecule has 0 aromatic heterocycles. The largest absolute Gasteiger partial charge is 0.489 e. The summed E-state index contributed by atoms with van der Waals surface area (Å²) in [6.07, 6.45) is 0. The Labute approximate surface area is 112 Å². The zero-order valence-electron chi connectivity index (χ0n) is 11.1. The van der Waals surface area contributed by atoms with E-state index in [0.717, 1.165) is 5.56 Å². The molecule has 3 heteroatoms. The molecule has 0 aliphatic heterocycles. The molecule has 0 bridgehead atoms. The Kier molecular flexibility index (Phi) is 4.18. The molecule has 0 saturated carbocycles. The smallest absolute Gasteiger partial charge is 0.337 e. The summed E-state index contributed by atoms with van der Waals surface area (Å²) >= 11 is 0. The molecular formula is C16H16O3. The van der Waals surface area contributed by atoms with Crippen LogP contribution in [0.2, 0.25) is 0 Å². The molecule has 0 radical (unpaired) electrons. The molecule has 0 heterocycles. The summed E-state index contributed by atoms with van der Waals surface area (Å²) in [5.41, 5.74) is 2.81. The van der Waals surface area contributed by atoms with Gasteiger partial charge in [-0.1, -0.05) is 30.3 Å². The molecule has 98 valence electrons. The topological polar surface area (TPSA) is 35.5 Å². The van der Waals surface area contributed by atoms with E-state index in [1.807, 2.05) is 37.3 Å². The van der Waals surface area contributed by atoms with Crippen molar-refractivity contribution in [2.24, 2.45) is 0 Å². The van der Waals surface area contributed by atoms with Gasteiger partial charge in [0.1, 0.15) is 12.4 Å². The molecule has 0 aliphatic carbocycles. The Morgan fingerprint density at radius 2 is 1.89 bits per heavy atom. The Balaban J connectivity index is 2.08. The van der Waals surface area contributed by atoms with Crippen molar-refractivity contribution in [1.29, 1.82) is 0 Å². The van der Waals surface area contributed by atoms with Crippen LogP contribution in [0.25, 0.3) is 0 Å². The minimum Gasteiger partial charge on any atom is -0.489 e. The predicted molar refractivity (Wildman–Crippen MR) is 73.3 cm³/mol. The Bertz CT molecular complexity index is 576. The van der Waals surface area contributed by atoms with Gasteiger partial charge < -0.3 is 9.47 Å². The van der Waals surface area contributed by atoms with Crippen LogP contribution in [0.3, 0.4) is 0 Å². The predicted octanol–water partition coefficient (Wildman–Crippen LogP) is 3.36. The van der Waals surface area contributed by atoms with E-state index in [0.29, 0.717) is 17.9 Å². The van der Waals surface area contributed by atoms with Crippen molar-refractivity contribution in [1.82, 2.24) is 0 Å². The Morgan fingerprint density at radius 1 is 1.11 bits per heavy atom. The number of benzene rings is 2. The number of esters is 1. The normalized spacial score (nSPS) is 10.0. The Morgan fingerprint density at radius 3 is 2.63 bits per heavy atom. The summed E-state index contributed by atoms with van der Waals surface area (Å²) in [7, 11) is 1.36. The first kappa shape index (κ1) is 13.1. The second kappa shape index (κ2) is 6.05. The van der Waals surface area contributed by atoms with Gasteiger partial charge in [-0.25, -0.2) is 4.79 Å². The van der Waals surface area contributed by atoms with Crippen LogP contribution in [0.1, 0.15) is 21.5 Å². The molecule has 2 aromatic rings. The van der Waals surface area contributed by atoms with Crippen molar-refractivity contribution in [3.05, 3.63) is 65.2 Å². The van der Waals surface area contributed by atoms with Gasteiger partial charge in [-0.3, -0.25) is 0 Å². The number of methoxy groups -OCH3 is 1. The SMILES string of the molecule is COC(=O)c1cccc(OCc2ccccc2C)c1. The van der Waals surface area contributed by atoms with Crippen LogP contribution in [0.5, 0.6) is 5.75 Å². The van der Waals surface area contributed by atoms with Crippen LogP contribution < -0.4 is 4.74 Å². The minimum absolute atomic E-state index is 0.360. The molecule has 2 aromatic carbocycles. The average Bonchev–Trinajstić information content (AvgIpc) is 2.46. The zero-order valence-corrected chi connectivity index (χ0v) is 11.1. The number of hydrogen-bond acceptors (Lipinski definition) is 3. The van der Waals surface area contributed by atoms with Crippen molar-refractivity contribution in [3.8, 4) is 5.75 Å². The molecule has 0 atom stereocenters. The molecule has 0 spiro atoms. The first-order valence-electron chi connectivity index (χ1n) is 6.06. The monoisotopic (exact) mass is 256 g/mol. The molecule has 2 rings (SSSR count). The fourth-order valence-corrected chi connectivity index (χ4v) is 1.76. The van der Waals surface area contributed by atoms with E-state index < -0.39 is 0 Å². The second-order valence-corrected chi connectivity index (χ2v) is 4.23. The van der Waals surface area contributed by atoms with Gasteiger partial charge in [0.2, 0.25) is 0 Å². The van der Waals surface area contributed by atoms with Gasteiger partial charge in [0.05, 0.1) is 12.7 Å². The van der Waals surface area contributed by atoms with Gasteiger partial charge in [-0.2, -0.15) is 0 Å². The third kappa shape index (κ3) is 3.35. The highest BCUT2D eigenvalue weighted by Gasteiger charge is 2.06. The number of rotatable bonds is 4. The van der Waals surface area contributed by atoms with Crippen LogP contribution >= 0.6 is 0 Å². The van der Waals surface area contributed by atoms with Crippen LogP contribution in [0.15, 0.2) is 48.5 Å². The lowest BCUT2D eigenvalue weighted by molar-refractivity contribution is 0.0600. The fraction of sp³-hybridized carbons (Fsp3) is 0.188. The van der Waals surface area contributed by atoms with Gasteiger partial charge in [0.15, 0.2) is 0 Å². The maximum Gasteiger partial charge on any atom is 0.337 e. The van der Waals surface area contributed by atoms with E-state index >= 15 is 0 Å². The quantitative estimate of drug-likeness (QED) is 0.787. The molecule has 0 fully saturated rings. The summed E-state index contributed by atoms with van der Waals surface area (Å²) < 4.78 is 10.4. The van der Waals surface area contributed by atoms with Crippen molar-refractivity contribution >= 4 is 5.97 Å². The molecule has 0 unspecified atom stereocenters. The van der Waals surface area contributed by atoms with E-state index in [2.05, 4.69) is 4.74 Å². The lowest BCUT2D eigenvalue weighted by atomic mass is 10.1. The van der Waals surface area contributed by atoms with Crippen molar-refractivity contribution in [2.75, 3.05) is 7.11 Å². The molecule has 3 nitrogen and oxygen atoms in total. The number of ether oxygens (including phenoxy) is 2. The molecule has 0 amide bonds. The van der Waals surface area contributed by atoms with Gasteiger partial charge >= 0.3 is 5.97 Å². The number of carbonyl (C=O) groups is 1. The summed E-state index contributed by atoms with van der Waals surface area (Å²) in [4.78, 5) is 11.4. The summed E-state index contributed by atoms with van der Waals surface area (Å²) in [5.74, 6) is 0.299. The van der Waals surface area contributed by atoms with Crippen molar-refractivity contribution in [2.45, 2.75) is 13.5 Å². The third-order valence-electron chi connectivity index (χ3n) is 2.91. The van der Waals surface area contributed by atoms with Crippen LogP contribution in [0.4, 0.5) is 0 Å². The van der Waals surface area contributed by atoms with Crippen molar-refractivity contribution < 1.29 is 14.3 Å². The van der Waals surface area contributed by atoms with E-state index in [9.17, 15) is 4.79 Å². The van der Waals surface area contributed by atoms with E-state index in [4.69, 9.17) is 4.74 Å². The standard InChI is InChI=1S/C16H16O3/c1-12-6-3-4-7-14(12)11-19-15-9-5-8-13(10-15)16(17)18-2/h3-10H,11H2,1-2H3. The lowest BCUT2D eigenvalue weighted by Crippen LogP contribution is -2.02. The second-order valence-electron chi connectivity index (χ2n) is 4.23. The average molecular weight is 256 g/mol. The first-order valence-corrected chi connectivity index (χ1v) is 6.06. The number of aryl methyl sites for hydroxylation is 1. The highest BCUT2D eigenvalue weighted by atomic mass is 16.5. The third-order valence-corrected chi connectivity index (χ3v) is 2.91. The molecular weight excluding hydrogens is 240 g/mol. The minimum atomic E-state index is -0.360. The number of hydrogen-bond donors (Lipinski definition) is 0. The summed E-state index contributed by atoms with van der Waals surface area (Å²) in [5, 5.41) is 0. The molecule has 0 saturated heterocycles. The highest BCUT2D eigenvalue weighted by Crippen LogP contribution is 2.17. The maximum absolute atomic E-state index is 11.4. The first-order chi connectivity index (χ1) is 9.20.